The lowest BCUT2D eigenvalue weighted by molar-refractivity contribution is -0.119. The van der Waals surface area contributed by atoms with Gasteiger partial charge in [-0.1, -0.05) is 12.1 Å². The predicted octanol–water partition coefficient (Wildman–Crippen LogP) is 4.01. The van der Waals surface area contributed by atoms with Gasteiger partial charge in [0.05, 0.1) is 5.39 Å². The molecule has 4 rings (SSSR count). The molecule has 0 atom stereocenters. The Bertz CT molecular complexity index is 1110. The van der Waals surface area contributed by atoms with Gasteiger partial charge in [-0.15, -0.1) is 11.3 Å². The molecule has 0 unspecified atom stereocenters. The summed E-state index contributed by atoms with van der Waals surface area (Å²) in [5.41, 5.74) is 3.05. The number of fused-ring (bicyclic) bond motifs is 3. The largest absolute Gasteiger partial charge is 0.311 e. The van der Waals surface area contributed by atoms with Crippen LogP contribution in [0.2, 0.25) is 0 Å². The SMILES string of the molecule is CCN(C(=O)Cn1c(C)nc2sc3c(c2c1=O)CCCC3)c1cccc(C)c1. The molecule has 5 nitrogen and oxygen atoms in total. The molecule has 1 aliphatic carbocycles. The minimum Gasteiger partial charge on any atom is -0.311 e. The zero-order valence-corrected chi connectivity index (χ0v) is 17.4. The molecule has 0 saturated heterocycles. The van der Waals surface area contributed by atoms with E-state index in [9.17, 15) is 9.59 Å². The Kier molecular flexibility index (Phi) is 5.06. The Morgan fingerprint density at radius 3 is 2.79 bits per heavy atom. The van der Waals surface area contributed by atoms with Crippen LogP contribution in [0.3, 0.4) is 0 Å². The van der Waals surface area contributed by atoms with Gasteiger partial charge in [-0.05, 0) is 69.7 Å². The van der Waals surface area contributed by atoms with Crippen LogP contribution >= 0.6 is 11.3 Å². The highest BCUT2D eigenvalue weighted by atomic mass is 32.1. The number of nitrogens with zero attached hydrogens (tertiary/aromatic N) is 3. The molecule has 1 aromatic carbocycles. The molecule has 0 aliphatic heterocycles. The normalized spacial score (nSPS) is 13.5. The minimum absolute atomic E-state index is 0.0139. The predicted molar refractivity (Wildman–Crippen MR) is 114 cm³/mol. The molecule has 3 aromatic rings. The molecule has 2 aromatic heterocycles. The first kappa shape index (κ1) is 18.9. The van der Waals surface area contributed by atoms with Gasteiger partial charge in [0.1, 0.15) is 17.2 Å². The molecule has 0 radical (unpaired) electrons. The van der Waals surface area contributed by atoms with Gasteiger partial charge in [0.15, 0.2) is 0 Å². The third-order valence-electron chi connectivity index (χ3n) is 5.49. The number of carbonyl (C=O) groups is 1. The molecule has 0 saturated carbocycles. The van der Waals surface area contributed by atoms with Gasteiger partial charge < -0.3 is 4.90 Å². The maximum atomic E-state index is 13.3. The Morgan fingerprint density at radius 2 is 2.04 bits per heavy atom. The van der Waals surface area contributed by atoms with Crippen LogP contribution in [0.4, 0.5) is 5.69 Å². The second-order valence-electron chi connectivity index (χ2n) is 7.42. The molecule has 0 N–H and O–H groups in total. The van der Waals surface area contributed by atoms with E-state index < -0.39 is 0 Å². The molecule has 1 amide bonds. The summed E-state index contributed by atoms with van der Waals surface area (Å²) in [7, 11) is 0. The Hall–Kier alpha value is -2.47. The smallest absolute Gasteiger partial charge is 0.263 e. The standard InChI is InChI=1S/C22H25N3O2S/c1-4-24(16-9-7-8-14(2)12-16)19(26)13-25-15(3)23-21-20(22(25)27)17-10-5-6-11-18(17)28-21/h7-9,12H,4-6,10-11,13H2,1-3H3. The number of aromatic nitrogens is 2. The summed E-state index contributed by atoms with van der Waals surface area (Å²) in [6.07, 6.45) is 4.26. The molecule has 6 heteroatoms. The van der Waals surface area contributed by atoms with Crippen LogP contribution in [-0.2, 0) is 24.2 Å². The molecule has 28 heavy (non-hydrogen) atoms. The maximum Gasteiger partial charge on any atom is 0.263 e. The number of thiophene rings is 1. The molecule has 0 spiro atoms. The van der Waals surface area contributed by atoms with Crippen LogP contribution in [0.25, 0.3) is 10.2 Å². The van der Waals surface area contributed by atoms with Crippen LogP contribution in [-0.4, -0.2) is 22.0 Å². The van der Waals surface area contributed by atoms with E-state index in [-0.39, 0.29) is 18.0 Å². The van der Waals surface area contributed by atoms with Crippen LogP contribution < -0.4 is 10.5 Å². The van der Waals surface area contributed by atoms with Crippen molar-refractivity contribution in [3.05, 3.63) is 56.4 Å². The zero-order valence-electron chi connectivity index (χ0n) is 16.6. The highest BCUT2D eigenvalue weighted by Gasteiger charge is 2.23. The second kappa shape index (κ2) is 7.51. The van der Waals surface area contributed by atoms with Gasteiger partial charge in [0.25, 0.3) is 5.56 Å². The van der Waals surface area contributed by atoms with Crippen molar-refractivity contribution in [2.75, 3.05) is 11.4 Å². The number of benzene rings is 1. The van der Waals surface area contributed by atoms with Crippen LogP contribution in [0.5, 0.6) is 0 Å². The van der Waals surface area contributed by atoms with E-state index in [0.29, 0.717) is 12.4 Å². The lowest BCUT2D eigenvalue weighted by Gasteiger charge is -2.22. The topological polar surface area (TPSA) is 55.2 Å². The Balaban J connectivity index is 1.72. The number of carbonyl (C=O) groups excluding carboxylic acids is 1. The summed E-state index contributed by atoms with van der Waals surface area (Å²) in [6, 6.07) is 7.88. The lowest BCUT2D eigenvalue weighted by atomic mass is 9.97. The maximum absolute atomic E-state index is 13.3. The molecule has 0 fully saturated rings. The van der Waals surface area contributed by atoms with Crippen molar-refractivity contribution >= 4 is 33.1 Å². The van der Waals surface area contributed by atoms with E-state index in [1.807, 2.05) is 45.0 Å². The molecular weight excluding hydrogens is 370 g/mol. The van der Waals surface area contributed by atoms with Gasteiger partial charge in [-0.25, -0.2) is 4.98 Å². The number of anilines is 1. The van der Waals surface area contributed by atoms with Crippen LogP contribution in [0.1, 0.15) is 41.6 Å². The van der Waals surface area contributed by atoms with Gasteiger partial charge >= 0.3 is 0 Å². The van der Waals surface area contributed by atoms with Gasteiger partial charge in [-0.3, -0.25) is 14.2 Å². The Morgan fingerprint density at radius 1 is 1.25 bits per heavy atom. The third-order valence-corrected chi connectivity index (χ3v) is 6.68. The summed E-state index contributed by atoms with van der Waals surface area (Å²) in [5, 5.41) is 0.733. The zero-order chi connectivity index (χ0) is 19.8. The number of likely N-dealkylation sites (N-methyl/N-ethyl adjacent to an activating group) is 1. The van der Waals surface area contributed by atoms with Crippen LogP contribution in [0, 0.1) is 13.8 Å². The molecule has 146 valence electrons. The van der Waals surface area contributed by atoms with Crippen molar-refractivity contribution in [1.29, 1.82) is 0 Å². The molecule has 0 bridgehead atoms. The van der Waals surface area contributed by atoms with E-state index >= 15 is 0 Å². The molecular formula is C22H25N3O2S. The first-order valence-corrected chi connectivity index (χ1v) is 10.7. The van der Waals surface area contributed by atoms with Crippen molar-refractivity contribution in [3.8, 4) is 0 Å². The summed E-state index contributed by atoms with van der Waals surface area (Å²) < 4.78 is 1.55. The van der Waals surface area contributed by atoms with Crippen molar-refractivity contribution in [2.24, 2.45) is 0 Å². The number of amides is 1. The van der Waals surface area contributed by atoms with Crippen molar-refractivity contribution in [1.82, 2.24) is 9.55 Å². The minimum atomic E-state index is -0.0939. The fourth-order valence-electron chi connectivity index (χ4n) is 4.05. The van der Waals surface area contributed by atoms with E-state index in [2.05, 4.69) is 4.98 Å². The summed E-state index contributed by atoms with van der Waals surface area (Å²) in [6.45, 7) is 6.34. The first-order chi connectivity index (χ1) is 13.5. The van der Waals surface area contributed by atoms with E-state index in [1.54, 1.807) is 20.8 Å². The van der Waals surface area contributed by atoms with Crippen molar-refractivity contribution in [2.45, 2.75) is 53.0 Å². The van der Waals surface area contributed by atoms with Gasteiger partial charge in [0.2, 0.25) is 5.91 Å². The number of rotatable bonds is 4. The summed E-state index contributed by atoms with van der Waals surface area (Å²) in [5.74, 6) is 0.508. The molecule has 2 heterocycles. The summed E-state index contributed by atoms with van der Waals surface area (Å²) >= 11 is 1.65. The number of hydrogen-bond acceptors (Lipinski definition) is 4. The van der Waals surface area contributed by atoms with Crippen molar-refractivity contribution in [3.63, 3.8) is 0 Å². The van der Waals surface area contributed by atoms with E-state index in [4.69, 9.17) is 0 Å². The van der Waals surface area contributed by atoms with E-state index in [0.717, 1.165) is 46.3 Å². The monoisotopic (exact) mass is 395 g/mol. The average Bonchev–Trinajstić information content (AvgIpc) is 3.04. The van der Waals surface area contributed by atoms with E-state index in [1.165, 1.54) is 11.3 Å². The molecule has 1 aliphatic rings. The third kappa shape index (κ3) is 3.26. The van der Waals surface area contributed by atoms with Crippen LogP contribution in [0.15, 0.2) is 29.1 Å². The second-order valence-corrected chi connectivity index (χ2v) is 8.50. The highest BCUT2D eigenvalue weighted by Crippen LogP contribution is 2.33. The fourth-order valence-corrected chi connectivity index (χ4v) is 5.34. The quantitative estimate of drug-likeness (QED) is 0.671. The number of hydrogen-bond donors (Lipinski definition) is 0. The van der Waals surface area contributed by atoms with Gasteiger partial charge in [0, 0.05) is 17.1 Å². The average molecular weight is 396 g/mol. The fraction of sp³-hybridized carbons (Fsp3) is 0.409. The highest BCUT2D eigenvalue weighted by molar-refractivity contribution is 7.18. The lowest BCUT2D eigenvalue weighted by Crippen LogP contribution is -2.37. The summed E-state index contributed by atoms with van der Waals surface area (Å²) in [4.78, 5) is 34.9. The van der Waals surface area contributed by atoms with Gasteiger partial charge in [-0.2, -0.15) is 0 Å². The first-order valence-electron chi connectivity index (χ1n) is 9.88. The van der Waals surface area contributed by atoms with Crippen molar-refractivity contribution < 1.29 is 4.79 Å². The number of aryl methyl sites for hydroxylation is 4. The Labute approximate surface area is 168 Å².